The molecule has 6 rings (SSSR count). The molecule has 6 nitrogen and oxygen atoms in total. The second kappa shape index (κ2) is 5.27. The second-order valence-corrected chi connectivity index (χ2v) is 10.5. The largest absolute Gasteiger partial charge is 0.462 e. The van der Waals surface area contributed by atoms with Gasteiger partial charge in [-0.3, -0.25) is 9.59 Å². The van der Waals surface area contributed by atoms with Gasteiger partial charge in [-0.2, -0.15) is 0 Å². The highest BCUT2D eigenvalue weighted by molar-refractivity contribution is 6.05. The molecule has 6 heteroatoms. The van der Waals surface area contributed by atoms with Crippen molar-refractivity contribution < 1.29 is 29.3 Å². The average molecular weight is 390 g/mol. The lowest BCUT2D eigenvalue weighted by Gasteiger charge is -2.73. The van der Waals surface area contributed by atoms with Crippen molar-refractivity contribution in [2.45, 2.75) is 70.9 Å². The van der Waals surface area contributed by atoms with E-state index in [4.69, 9.17) is 9.47 Å². The Morgan fingerprint density at radius 2 is 1.96 bits per heavy atom. The van der Waals surface area contributed by atoms with Crippen LogP contribution < -0.4 is 0 Å². The van der Waals surface area contributed by atoms with Gasteiger partial charge in [0, 0.05) is 24.7 Å². The molecule has 4 saturated carbocycles. The van der Waals surface area contributed by atoms with Crippen LogP contribution in [-0.4, -0.2) is 46.6 Å². The minimum atomic E-state index is -1.70. The molecule has 0 amide bonds. The first-order chi connectivity index (χ1) is 13.0. The Kier molecular flexibility index (Phi) is 3.53. The number of Topliss-reactive ketones (excluding diaryl/α,β-unsaturated/α-hetero) is 1. The number of carbonyl (C=O) groups excluding carboxylic acids is 2. The van der Waals surface area contributed by atoms with E-state index in [1.165, 1.54) is 6.92 Å². The molecule has 0 unspecified atom stereocenters. The lowest BCUT2D eigenvalue weighted by Crippen LogP contribution is -2.80. The van der Waals surface area contributed by atoms with Crippen LogP contribution in [0.1, 0.15) is 52.9 Å². The zero-order valence-corrected chi connectivity index (χ0v) is 16.9. The summed E-state index contributed by atoms with van der Waals surface area (Å²) in [5.41, 5.74) is -1.65. The molecule has 4 bridgehead atoms. The Morgan fingerprint density at radius 3 is 2.64 bits per heavy atom. The zero-order chi connectivity index (χ0) is 20.3. The molecule has 6 aliphatic rings. The van der Waals surface area contributed by atoms with Gasteiger partial charge in [0.25, 0.3) is 0 Å². The Labute approximate surface area is 165 Å². The summed E-state index contributed by atoms with van der Waals surface area (Å²) in [5, 5.41) is 23.0. The van der Waals surface area contributed by atoms with Crippen LogP contribution in [0.2, 0.25) is 0 Å². The highest BCUT2D eigenvalue weighted by Gasteiger charge is 2.84. The molecule has 4 aliphatic carbocycles. The van der Waals surface area contributed by atoms with Crippen molar-refractivity contribution in [3.8, 4) is 0 Å². The third kappa shape index (κ3) is 1.77. The fraction of sp³-hybridized carbons (Fsp3) is 0.818. The molecular formula is C22H30O6. The van der Waals surface area contributed by atoms with E-state index in [-0.39, 0.29) is 54.1 Å². The van der Waals surface area contributed by atoms with Crippen molar-refractivity contribution in [2.24, 2.45) is 34.0 Å². The summed E-state index contributed by atoms with van der Waals surface area (Å²) in [6, 6.07) is 0. The zero-order valence-electron chi connectivity index (χ0n) is 16.9. The minimum absolute atomic E-state index is 0.0397. The summed E-state index contributed by atoms with van der Waals surface area (Å²) in [5.74, 6) is -2.87. The average Bonchev–Trinajstić information content (AvgIpc) is 2.73. The molecular weight excluding hydrogens is 360 g/mol. The molecule has 2 N–H and O–H groups in total. The van der Waals surface area contributed by atoms with Crippen LogP contribution in [0, 0.1) is 34.0 Å². The Balaban J connectivity index is 1.74. The highest BCUT2D eigenvalue weighted by Crippen LogP contribution is 2.76. The molecule has 6 fully saturated rings. The van der Waals surface area contributed by atoms with E-state index in [1.54, 1.807) is 0 Å². The number of hydrogen-bond acceptors (Lipinski definition) is 6. The summed E-state index contributed by atoms with van der Waals surface area (Å²) < 4.78 is 11.9. The molecule has 2 spiro atoms. The van der Waals surface area contributed by atoms with Crippen LogP contribution >= 0.6 is 0 Å². The monoisotopic (exact) mass is 390 g/mol. The number of fused-ring (bicyclic) bond motifs is 2. The van der Waals surface area contributed by atoms with Crippen molar-refractivity contribution in [1.82, 2.24) is 0 Å². The fourth-order valence-corrected chi connectivity index (χ4v) is 8.08. The van der Waals surface area contributed by atoms with Crippen molar-refractivity contribution in [3.63, 3.8) is 0 Å². The third-order valence-electron chi connectivity index (χ3n) is 9.17. The Morgan fingerprint density at radius 1 is 1.25 bits per heavy atom. The molecule has 2 heterocycles. The molecule has 0 radical (unpaired) electrons. The number of ketones is 1. The summed E-state index contributed by atoms with van der Waals surface area (Å²) in [7, 11) is 0. The van der Waals surface area contributed by atoms with E-state index in [1.807, 2.05) is 0 Å². The lowest BCUT2D eigenvalue weighted by atomic mass is 9.36. The van der Waals surface area contributed by atoms with Crippen molar-refractivity contribution in [2.75, 3.05) is 6.61 Å². The molecule has 154 valence electrons. The van der Waals surface area contributed by atoms with Gasteiger partial charge in [0.05, 0.1) is 12.7 Å². The minimum Gasteiger partial charge on any atom is -0.462 e. The molecule has 0 aromatic carbocycles. The van der Waals surface area contributed by atoms with Crippen LogP contribution in [0.3, 0.4) is 0 Å². The highest BCUT2D eigenvalue weighted by atomic mass is 16.6. The van der Waals surface area contributed by atoms with Gasteiger partial charge in [-0.15, -0.1) is 0 Å². The first-order valence-corrected chi connectivity index (χ1v) is 10.5. The van der Waals surface area contributed by atoms with Gasteiger partial charge < -0.3 is 19.7 Å². The second-order valence-electron chi connectivity index (χ2n) is 10.5. The first-order valence-electron chi connectivity index (χ1n) is 10.5. The molecule has 0 aromatic rings. The van der Waals surface area contributed by atoms with Crippen LogP contribution in [0.5, 0.6) is 0 Å². The van der Waals surface area contributed by atoms with E-state index in [2.05, 4.69) is 20.4 Å². The number of ether oxygens (including phenoxy) is 2. The summed E-state index contributed by atoms with van der Waals surface area (Å²) in [6.07, 6.45) is 1.83. The van der Waals surface area contributed by atoms with Gasteiger partial charge in [-0.25, -0.2) is 0 Å². The quantitative estimate of drug-likeness (QED) is 0.525. The number of hydrogen-bond donors (Lipinski definition) is 2. The van der Waals surface area contributed by atoms with Gasteiger partial charge in [0.15, 0.2) is 11.6 Å². The number of aliphatic hydroxyl groups excluding tert-OH is 1. The first kappa shape index (κ1) is 18.8. The van der Waals surface area contributed by atoms with Crippen LogP contribution in [-0.2, 0) is 19.1 Å². The Hall–Kier alpha value is -1.24. The van der Waals surface area contributed by atoms with Crippen LogP contribution in [0.4, 0.5) is 0 Å². The maximum atomic E-state index is 13.5. The Bertz CT molecular complexity index is 788. The van der Waals surface area contributed by atoms with Crippen molar-refractivity contribution >= 4 is 11.8 Å². The standard InChI is InChI=1S/C22H30O6/c1-11-13-5-6-14-20-10-27-21(26,22(14,17(11)24)18(13)25)9-15(20)19(3,4)8-7-16(20)28-12(2)23/h13-16,18,25-26H,1,5-10H2,2-4H3/t13-,14-,15+,16-,18-,20-,21+,22-/m0/s1. The normalized spacial score (nSPS) is 53.5. The maximum absolute atomic E-state index is 13.5. The third-order valence-corrected chi connectivity index (χ3v) is 9.17. The molecule has 8 atom stereocenters. The van der Waals surface area contributed by atoms with Gasteiger partial charge in [-0.05, 0) is 48.5 Å². The fourth-order valence-electron chi connectivity index (χ4n) is 8.08. The predicted molar refractivity (Wildman–Crippen MR) is 98.8 cm³/mol. The van der Waals surface area contributed by atoms with Crippen molar-refractivity contribution in [3.05, 3.63) is 12.2 Å². The SMILES string of the molecule is C=C1C(=O)[C@]23[C@@H](O)[C@H]1CC[C@H]2[C@@]12CO[C@]3(O)C[C@@H]1C(C)(C)CC[C@@H]2OC(C)=O. The summed E-state index contributed by atoms with van der Waals surface area (Å²) in [6.45, 7) is 10.0. The van der Waals surface area contributed by atoms with Crippen molar-refractivity contribution in [1.29, 1.82) is 0 Å². The number of esters is 1. The van der Waals surface area contributed by atoms with Crippen LogP contribution in [0.15, 0.2) is 12.2 Å². The predicted octanol–water partition coefficient (Wildman–Crippen LogP) is 1.98. The van der Waals surface area contributed by atoms with E-state index in [0.717, 1.165) is 6.42 Å². The topological polar surface area (TPSA) is 93.1 Å². The van der Waals surface area contributed by atoms with E-state index >= 15 is 0 Å². The molecule has 28 heavy (non-hydrogen) atoms. The van der Waals surface area contributed by atoms with E-state index in [0.29, 0.717) is 24.8 Å². The molecule has 2 aliphatic heterocycles. The van der Waals surface area contributed by atoms with E-state index in [9.17, 15) is 19.8 Å². The van der Waals surface area contributed by atoms with E-state index < -0.39 is 22.7 Å². The number of carbonyl (C=O) groups is 2. The summed E-state index contributed by atoms with van der Waals surface area (Å²) in [4.78, 5) is 25.4. The maximum Gasteiger partial charge on any atom is 0.302 e. The van der Waals surface area contributed by atoms with Gasteiger partial charge >= 0.3 is 5.97 Å². The molecule has 0 aromatic heterocycles. The number of rotatable bonds is 1. The lowest BCUT2D eigenvalue weighted by molar-refractivity contribution is -0.426. The summed E-state index contributed by atoms with van der Waals surface area (Å²) >= 11 is 0. The van der Waals surface area contributed by atoms with Gasteiger partial charge in [-0.1, -0.05) is 20.4 Å². The van der Waals surface area contributed by atoms with Gasteiger partial charge in [0.2, 0.25) is 0 Å². The molecule has 2 saturated heterocycles. The number of aliphatic hydroxyl groups is 2. The van der Waals surface area contributed by atoms with Crippen LogP contribution in [0.25, 0.3) is 0 Å². The smallest absolute Gasteiger partial charge is 0.302 e. The van der Waals surface area contributed by atoms with Gasteiger partial charge in [0.1, 0.15) is 11.5 Å².